The number of hydrazone groups is 1. The summed E-state index contributed by atoms with van der Waals surface area (Å²) in [6.07, 6.45) is 1.55. The predicted molar refractivity (Wildman–Crippen MR) is 119 cm³/mol. The van der Waals surface area contributed by atoms with Crippen molar-refractivity contribution >= 4 is 12.1 Å². The molecule has 0 saturated carbocycles. The monoisotopic (exact) mass is 413 g/mol. The van der Waals surface area contributed by atoms with Gasteiger partial charge < -0.3 is 9.47 Å². The van der Waals surface area contributed by atoms with E-state index in [1.807, 2.05) is 74.5 Å². The maximum absolute atomic E-state index is 12.0. The van der Waals surface area contributed by atoms with Crippen molar-refractivity contribution in [1.29, 1.82) is 5.26 Å². The minimum absolute atomic E-state index is 0.111. The smallest absolute Gasteiger partial charge is 0.277 e. The summed E-state index contributed by atoms with van der Waals surface area (Å²) in [5.41, 5.74) is 6.66. The summed E-state index contributed by atoms with van der Waals surface area (Å²) in [5.74, 6) is 1.06. The molecule has 6 heteroatoms. The van der Waals surface area contributed by atoms with Gasteiger partial charge in [0.15, 0.2) is 6.61 Å². The average Bonchev–Trinajstić information content (AvgIpc) is 2.78. The lowest BCUT2D eigenvalue weighted by Crippen LogP contribution is -2.25. The number of hydrogen-bond acceptors (Lipinski definition) is 5. The van der Waals surface area contributed by atoms with Crippen molar-refractivity contribution in [2.24, 2.45) is 5.10 Å². The second-order valence-electron chi connectivity index (χ2n) is 6.93. The van der Waals surface area contributed by atoms with Crippen LogP contribution in [0.2, 0.25) is 0 Å². The number of ether oxygens (including phenoxy) is 2. The van der Waals surface area contributed by atoms with Crippen LogP contribution in [0, 0.1) is 25.2 Å². The van der Waals surface area contributed by atoms with Gasteiger partial charge in [0.25, 0.3) is 5.91 Å². The summed E-state index contributed by atoms with van der Waals surface area (Å²) >= 11 is 0. The van der Waals surface area contributed by atoms with Crippen LogP contribution >= 0.6 is 0 Å². The number of carbonyl (C=O) groups is 1. The van der Waals surface area contributed by atoms with Gasteiger partial charge in [0.2, 0.25) is 0 Å². The van der Waals surface area contributed by atoms with E-state index in [-0.39, 0.29) is 12.5 Å². The van der Waals surface area contributed by atoms with Gasteiger partial charge >= 0.3 is 0 Å². The maximum atomic E-state index is 12.0. The first-order valence-corrected chi connectivity index (χ1v) is 9.78. The van der Waals surface area contributed by atoms with Crippen LogP contribution in [0.5, 0.6) is 11.5 Å². The van der Waals surface area contributed by atoms with Gasteiger partial charge in [0, 0.05) is 5.56 Å². The van der Waals surface area contributed by atoms with E-state index in [1.165, 1.54) is 0 Å². The Hall–Kier alpha value is -4.11. The van der Waals surface area contributed by atoms with Crippen molar-refractivity contribution in [1.82, 2.24) is 5.43 Å². The molecule has 0 aliphatic carbocycles. The summed E-state index contributed by atoms with van der Waals surface area (Å²) in [4.78, 5) is 12.0. The zero-order valence-electron chi connectivity index (χ0n) is 17.5. The summed E-state index contributed by atoms with van der Waals surface area (Å²) in [7, 11) is 0. The van der Waals surface area contributed by atoms with Crippen molar-refractivity contribution in [3.05, 3.63) is 94.5 Å². The lowest BCUT2D eigenvalue weighted by Gasteiger charge is -2.10. The molecule has 0 bridgehead atoms. The number of carbonyl (C=O) groups excluding carboxylic acids is 1. The van der Waals surface area contributed by atoms with E-state index in [0.29, 0.717) is 17.9 Å². The Bertz CT molecular complexity index is 1100. The van der Waals surface area contributed by atoms with E-state index in [2.05, 4.69) is 16.6 Å². The van der Waals surface area contributed by atoms with Crippen molar-refractivity contribution in [3.8, 4) is 17.6 Å². The fourth-order valence-electron chi connectivity index (χ4n) is 2.94. The summed E-state index contributed by atoms with van der Waals surface area (Å²) in [6.45, 7) is 4.08. The highest BCUT2D eigenvalue weighted by molar-refractivity contribution is 5.83. The molecule has 1 amide bonds. The molecule has 3 aromatic rings. The topological polar surface area (TPSA) is 83.7 Å². The van der Waals surface area contributed by atoms with Crippen molar-refractivity contribution in [2.45, 2.75) is 20.5 Å². The Morgan fingerprint density at radius 3 is 2.42 bits per heavy atom. The number of aryl methyl sites for hydroxylation is 2. The van der Waals surface area contributed by atoms with Crippen LogP contribution < -0.4 is 14.9 Å². The number of rotatable bonds is 8. The first-order valence-electron chi connectivity index (χ1n) is 9.78. The van der Waals surface area contributed by atoms with Crippen LogP contribution in [-0.4, -0.2) is 18.7 Å². The third-order valence-corrected chi connectivity index (χ3v) is 4.57. The van der Waals surface area contributed by atoms with Gasteiger partial charge in [-0.2, -0.15) is 10.4 Å². The van der Waals surface area contributed by atoms with Crippen molar-refractivity contribution in [3.63, 3.8) is 0 Å². The molecule has 0 radical (unpaired) electrons. The van der Waals surface area contributed by atoms with Crippen LogP contribution in [0.3, 0.4) is 0 Å². The first kappa shape index (κ1) is 21.6. The molecule has 6 nitrogen and oxygen atoms in total. The molecule has 0 aromatic heterocycles. The average molecular weight is 413 g/mol. The molecular formula is C25H23N3O3. The molecule has 3 aromatic carbocycles. The van der Waals surface area contributed by atoms with Gasteiger partial charge in [0.1, 0.15) is 18.1 Å². The standard InChI is InChI=1S/C25H23N3O3/c1-18-6-5-7-19(2)25(18)31-17-24(29)28-27-15-20-10-12-23(13-11-20)30-16-22-9-4-3-8-21(22)14-26/h3-13,15H,16-17H2,1-2H3,(H,28,29)/b27-15-. The Labute approximate surface area is 181 Å². The largest absolute Gasteiger partial charge is 0.489 e. The number of nitrogens with zero attached hydrogens (tertiary/aromatic N) is 2. The molecule has 31 heavy (non-hydrogen) atoms. The summed E-state index contributed by atoms with van der Waals surface area (Å²) in [6, 6.07) is 22.6. The molecule has 0 fully saturated rings. The van der Waals surface area contributed by atoms with E-state index in [1.54, 1.807) is 12.3 Å². The maximum Gasteiger partial charge on any atom is 0.277 e. The molecule has 1 N–H and O–H groups in total. The molecule has 0 saturated heterocycles. The normalized spacial score (nSPS) is 10.5. The molecule has 0 aliphatic rings. The van der Waals surface area contributed by atoms with E-state index < -0.39 is 0 Å². The summed E-state index contributed by atoms with van der Waals surface area (Å²) in [5, 5.41) is 13.1. The number of amides is 1. The number of nitriles is 1. The van der Waals surface area contributed by atoms with Gasteiger partial charge in [-0.05, 0) is 60.9 Å². The fourth-order valence-corrected chi connectivity index (χ4v) is 2.94. The Morgan fingerprint density at radius 2 is 1.71 bits per heavy atom. The first-order chi connectivity index (χ1) is 15.1. The van der Waals surface area contributed by atoms with Gasteiger partial charge in [-0.1, -0.05) is 36.4 Å². The van der Waals surface area contributed by atoms with Crippen LogP contribution in [0.4, 0.5) is 0 Å². The highest BCUT2D eigenvalue weighted by Gasteiger charge is 2.06. The molecule has 0 atom stereocenters. The van der Waals surface area contributed by atoms with E-state index >= 15 is 0 Å². The highest BCUT2D eigenvalue weighted by atomic mass is 16.5. The predicted octanol–water partition coefficient (Wildman–Crippen LogP) is 4.28. The minimum Gasteiger partial charge on any atom is -0.489 e. The van der Waals surface area contributed by atoms with Crippen molar-refractivity contribution < 1.29 is 14.3 Å². The van der Waals surface area contributed by atoms with Gasteiger partial charge in [0.05, 0.1) is 17.8 Å². The number of nitrogens with one attached hydrogen (secondary N) is 1. The third kappa shape index (κ3) is 6.18. The third-order valence-electron chi connectivity index (χ3n) is 4.57. The summed E-state index contributed by atoms with van der Waals surface area (Å²) < 4.78 is 11.3. The van der Waals surface area contributed by atoms with E-state index in [9.17, 15) is 4.79 Å². The second-order valence-corrected chi connectivity index (χ2v) is 6.93. The van der Waals surface area contributed by atoms with Crippen molar-refractivity contribution in [2.75, 3.05) is 6.61 Å². The second kappa shape index (κ2) is 10.6. The van der Waals surface area contributed by atoms with E-state index in [0.717, 1.165) is 28.0 Å². The molecule has 3 rings (SSSR count). The van der Waals surface area contributed by atoms with Gasteiger partial charge in [-0.25, -0.2) is 5.43 Å². The Morgan fingerprint density at radius 1 is 1.00 bits per heavy atom. The molecule has 0 spiro atoms. The van der Waals surface area contributed by atoms with Gasteiger partial charge in [-0.15, -0.1) is 0 Å². The quantitative estimate of drug-likeness (QED) is 0.441. The lowest BCUT2D eigenvalue weighted by atomic mass is 10.1. The van der Waals surface area contributed by atoms with Gasteiger partial charge in [-0.3, -0.25) is 4.79 Å². The lowest BCUT2D eigenvalue weighted by molar-refractivity contribution is -0.123. The van der Waals surface area contributed by atoms with Crippen LogP contribution in [-0.2, 0) is 11.4 Å². The molecule has 0 unspecified atom stereocenters. The number of para-hydroxylation sites is 1. The minimum atomic E-state index is -0.338. The molecule has 156 valence electrons. The zero-order chi connectivity index (χ0) is 22.1. The fraction of sp³-hybridized carbons (Fsp3) is 0.160. The Kier molecular flexibility index (Phi) is 7.39. The van der Waals surface area contributed by atoms with E-state index in [4.69, 9.17) is 14.7 Å². The number of hydrogen-bond donors (Lipinski definition) is 1. The molecule has 0 heterocycles. The van der Waals surface area contributed by atoms with Crippen LogP contribution in [0.1, 0.15) is 27.8 Å². The molecule has 0 aliphatic heterocycles. The molecular weight excluding hydrogens is 390 g/mol. The SMILES string of the molecule is Cc1cccc(C)c1OCC(=O)N/N=C\c1ccc(OCc2ccccc2C#N)cc1. The van der Waals surface area contributed by atoms with Crippen LogP contribution in [0.25, 0.3) is 0 Å². The zero-order valence-corrected chi connectivity index (χ0v) is 17.5. The Balaban J connectivity index is 1.47. The highest BCUT2D eigenvalue weighted by Crippen LogP contribution is 2.22. The van der Waals surface area contributed by atoms with Crippen LogP contribution in [0.15, 0.2) is 71.8 Å². The number of benzene rings is 3.